The molecule has 3 rings (SSSR count). The van der Waals surface area contributed by atoms with E-state index in [1.54, 1.807) is 0 Å². The topological polar surface area (TPSA) is 57.3 Å². The first-order valence-corrected chi connectivity index (χ1v) is 7.51. The second kappa shape index (κ2) is 6.65. The van der Waals surface area contributed by atoms with Gasteiger partial charge in [0, 0.05) is 17.7 Å². The number of alkyl halides is 3. The Kier molecular flexibility index (Phi) is 4.68. The molecular formula is C15H6Cl2F4N2O3. The quantitative estimate of drug-likeness (QED) is 0.467. The monoisotopic (exact) mass is 408 g/mol. The molecule has 0 aliphatic heterocycles. The largest absolute Gasteiger partial charge is 0.487 e. The summed E-state index contributed by atoms with van der Waals surface area (Å²) in [5.41, 5.74) is -4.80. The highest BCUT2D eigenvalue weighted by Gasteiger charge is 2.29. The number of ether oxygens (including phenoxy) is 1. The lowest BCUT2D eigenvalue weighted by Crippen LogP contribution is -2.17. The number of nitrogens with zero attached hydrogens (tertiary/aromatic N) is 2. The Morgan fingerprint density at radius 3 is 2.42 bits per heavy atom. The Labute approximate surface area is 152 Å². The van der Waals surface area contributed by atoms with E-state index in [1.807, 2.05) is 0 Å². The van der Waals surface area contributed by atoms with E-state index in [0.717, 1.165) is 30.3 Å². The molecule has 0 fully saturated rings. The van der Waals surface area contributed by atoms with Crippen molar-refractivity contribution in [3.05, 3.63) is 63.6 Å². The van der Waals surface area contributed by atoms with Gasteiger partial charge in [-0.3, -0.25) is 0 Å². The first kappa shape index (κ1) is 18.3. The van der Waals surface area contributed by atoms with Crippen molar-refractivity contribution >= 4 is 23.2 Å². The third-order valence-corrected chi connectivity index (χ3v) is 3.50. The smallest absolute Gasteiger partial charge is 0.418 e. The van der Waals surface area contributed by atoms with Crippen LogP contribution in [-0.4, -0.2) is 15.3 Å². The molecule has 0 N–H and O–H groups in total. The summed E-state index contributed by atoms with van der Waals surface area (Å²) in [4.78, 5) is 12.0. The average Bonchev–Trinajstić information content (AvgIpc) is 2.89. The van der Waals surface area contributed by atoms with E-state index in [4.69, 9.17) is 16.0 Å². The third kappa shape index (κ3) is 3.68. The van der Waals surface area contributed by atoms with Gasteiger partial charge in [0.2, 0.25) is 0 Å². The van der Waals surface area contributed by atoms with Crippen LogP contribution in [0.3, 0.4) is 0 Å². The SMILES string of the molecule is O=c1oc(-c2c(F)cccc2F)nn1-c1ccc(Cl)c(OC(F)(F)Cl)c1. The first-order valence-electron chi connectivity index (χ1n) is 6.76. The Hall–Kier alpha value is -2.52. The lowest BCUT2D eigenvalue weighted by molar-refractivity contribution is -0.0964. The second-order valence-corrected chi connectivity index (χ2v) is 5.69. The Morgan fingerprint density at radius 1 is 1.15 bits per heavy atom. The predicted octanol–water partition coefficient (Wildman–Crippen LogP) is 4.59. The van der Waals surface area contributed by atoms with E-state index in [9.17, 15) is 22.4 Å². The van der Waals surface area contributed by atoms with Crippen LogP contribution < -0.4 is 10.5 Å². The zero-order valence-electron chi connectivity index (χ0n) is 12.4. The number of aromatic nitrogens is 2. The molecule has 0 amide bonds. The van der Waals surface area contributed by atoms with Crippen molar-refractivity contribution < 1.29 is 26.7 Å². The number of benzene rings is 2. The molecule has 1 heterocycles. The molecule has 2 aromatic carbocycles. The molecule has 0 saturated carbocycles. The Bertz CT molecular complexity index is 1010. The summed E-state index contributed by atoms with van der Waals surface area (Å²) < 4.78 is 62.7. The van der Waals surface area contributed by atoms with Crippen molar-refractivity contribution in [3.8, 4) is 22.9 Å². The molecule has 11 heteroatoms. The van der Waals surface area contributed by atoms with Gasteiger partial charge in [0.15, 0.2) is 0 Å². The number of rotatable bonds is 4. The standard InChI is InChI=1S/C15H6Cl2F4N2O3/c16-8-5-4-7(6-11(8)26-15(17,20)21)23-14(24)25-13(22-23)12-9(18)2-1-3-10(12)19/h1-6H. The minimum atomic E-state index is -4.04. The highest BCUT2D eigenvalue weighted by atomic mass is 35.5. The van der Waals surface area contributed by atoms with Crippen molar-refractivity contribution in [1.29, 1.82) is 0 Å². The summed E-state index contributed by atoms with van der Waals surface area (Å²) in [5.74, 6) is -4.29. The predicted molar refractivity (Wildman–Crippen MR) is 83.9 cm³/mol. The molecule has 0 spiro atoms. The van der Waals surface area contributed by atoms with E-state index in [1.165, 1.54) is 6.07 Å². The van der Waals surface area contributed by atoms with Crippen LogP contribution in [0, 0.1) is 11.6 Å². The molecule has 26 heavy (non-hydrogen) atoms. The number of halogens is 6. The van der Waals surface area contributed by atoms with Crippen molar-refractivity contribution in [1.82, 2.24) is 9.78 Å². The lowest BCUT2D eigenvalue weighted by Gasteiger charge is -2.12. The molecule has 5 nitrogen and oxygen atoms in total. The van der Waals surface area contributed by atoms with Gasteiger partial charge in [-0.05, 0) is 24.3 Å². The highest BCUT2D eigenvalue weighted by Crippen LogP contribution is 2.33. The number of hydrogen-bond acceptors (Lipinski definition) is 4. The minimum Gasteiger partial charge on any atom is -0.418 e. The fourth-order valence-electron chi connectivity index (χ4n) is 2.07. The molecule has 136 valence electrons. The maximum Gasteiger partial charge on any atom is 0.487 e. The molecule has 0 saturated heterocycles. The summed E-state index contributed by atoms with van der Waals surface area (Å²) in [5, 5.41) is 3.46. The van der Waals surface area contributed by atoms with Gasteiger partial charge >= 0.3 is 11.3 Å². The van der Waals surface area contributed by atoms with Crippen LogP contribution in [0.1, 0.15) is 0 Å². The fraction of sp³-hybridized carbons (Fsp3) is 0.0667. The summed E-state index contributed by atoms with van der Waals surface area (Å²) in [6, 6.07) is 6.33. The van der Waals surface area contributed by atoms with Crippen LogP contribution in [-0.2, 0) is 0 Å². The van der Waals surface area contributed by atoms with Gasteiger partial charge in [-0.25, -0.2) is 13.6 Å². The van der Waals surface area contributed by atoms with Gasteiger partial charge in [0.1, 0.15) is 22.9 Å². The van der Waals surface area contributed by atoms with Crippen LogP contribution >= 0.6 is 23.2 Å². The van der Waals surface area contributed by atoms with Crippen molar-refractivity contribution in [2.24, 2.45) is 0 Å². The maximum absolute atomic E-state index is 13.8. The van der Waals surface area contributed by atoms with Crippen LogP contribution in [0.4, 0.5) is 17.6 Å². The van der Waals surface area contributed by atoms with Gasteiger partial charge in [-0.15, -0.1) is 13.9 Å². The molecule has 0 atom stereocenters. The van der Waals surface area contributed by atoms with Gasteiger partial charge in [0.25, 0.3) is 5.89 Å². The van der Waals surface area contributed by atoms with Crippen molar-refractivity contribution in [3.63, 3.8) is 0 Å². The van der Waals surface area contributed by atoms with Crippen LogP contribution in [0.25, 0.3) is 17.1 Å². The summed E-state index contributed by atoms with van der Waals surface area (Å²) in [7, 11) is 0. The molecule has 0 aliphatic carbocycles. The van der Waals surface area contributed by atoms with Gasteiger partial charge in [-0.1, -0.05) is 17.7 Å². The Balaban J connectivity index is 2.08. The molecule has 0 unspecified atom stereocenters. The van der Waals surface area contributed by atoms with Crippen LogP contribution in [0.5, 0.6) is 5.75 Å². The maximum atomic E-state index is 13.8. The molecular weight excluding hydrogens is 403 g/mol. The molecule has 0 radical (unpaired) electrons. The third-order valence-electron chi connectivity index (χ3n) is 3.11. The molecule has 0 aliphatic rings. The van der Waals surface area contributed by atoms with Gasteiger partial charge in [0.05, 0.1) is 10.7 Å². The van der Waals surface area contributed by atoms with E-state index in [0.29, 0.717) is 4.68 Å². The average molecular weight is 409 g/mol. The molecule has 0 bridgehead atoms. The van der Waals surface area contributed by atoms with E-state index in [-0.39, 0.29) is 10.7 Å². The second-order valence-electron chi connectivity index (χ2n) is 4.84. The fourth-order valence-corrected chi connectivity index (χ4v) is 2.31. The van der Waals surface area contributed by atoms with Crippen molar-refractivity contribution in [2.45, 2.75) is 5.57 Å². The van der Waals surface area contributed by atoms with Crippen LogP contribution in [0.15, 0.2) is 45.6 Å². The Morgan fingerprint density at radius 2 is 1.81 bits per heavy atom. The summed E-state index contributed by atoms with van der Waals surface area (Å²) in [6.07, 6.45) is 0. The van der Waals surface area contributed by atoms with Crippen LogP contribution in [0.2, 0.25) is 5.02 Å². The van der Waals surface area contributed by atoms with E-state index >= 15 is 0 Å². The highest BCUT2D eigenvalue weighted by molar-refractivity contribution is 6.32. The van der Waals surface area contributed by atoms with E-state index in [2.05, 4.69) is 21.4 Å². The molecule has 1 aromatic heterocycles. The zero-order chi connectivity index (χ0) is 19.1. The first-order chi connectivity index (χ1) is 12.2. The molecule has 3 aromatic rings. The van der Waals surface area contributed by atoms with E-state index < -0.39 is 40.2 Å². The van der Waals surface area contributed by atoms with Gasteiger partial charge in [-0.2, -0.15) is 4.68 Å². The lowest BCUT2D eigenvalue weighted by atomic mass is 10.2. The number of hydrogen-bond donors (Lipinski definition) is 0. The minimum absolute atomic E-state index is 0.109. The van der Waals surface area contributed by atoms with Gasteiger partial charge < -0.3 is 9.15 Å². The van der Waals surface area contributed by atoms with Crippen molar-refractivity contribution in [2.75, 3.05) is 0 Å². The normalized spacial score (nSPS) is 11.6. The summed E-state index contributed by atoms with van der Waals surface area (Å²) in [6.45, 7) is 0. The summed E-state index contributed by atoms with van der Waals surface area (Å²) >= 11 is 10.4. The zero-order valence-corrected chi connectivity index (χ0v) is 13.9.